The maximum atomic E-state index is 11.7. The summed E-state index contributed by atoms with van der Waals surface area (Å²) in [6.45, 7) is 3.29. The number of nitro benzene ring substituents is 1. The van der Waals surface area contributed by atoms with Crippen molar-refractivity contribution in [2.24, 2.45) is 5.92 Å². The van der Waals surface area contributed by atoms with Gasteiger partial charge in [0, 0.05) is 11.8 Å². The van der Waals surface area contributed by atoms with Gasteiger partial charge in [-0.3, -0.25) is 10.1 Å². The zero-order valence-corrected chi connectivity index (χ0v) is 12.0. The normalized spacial score (nSPS) is 11.8. The van der Waals surface area contributed by atoms with E-state index in [9.17, 15) is 19.7 Å². The molecule has 0 heterocycles. The van der Waals surface area contributed by atoms with Gasteiger partial charge in [-0.15, -0.1) is 0 Å². The predicted octanol–water partition coefficient (Wildman–Crippen LogP) is 2.48. The van der Waals surface area contributed by atoms with Crippen molar-refractivity contribution < 1.29 is 19.6 Å². The zero-order valence-electron chi connectivity index (χ0n) is 11.3. The molecule has 0 bridgehead atoms. The van der Waals surface area contributed by atoms with Crippen LogP contribution in [0.4, 0.5) is 16.2 Å². The van der Waals surface area contributed by atoms with E-state index in [-0.39, 0.29) is 22.3 Å². The average molecular weight is 316 g/mol. The zero-order chi connectivity index (χ0) is 16.2. The number of nitrogens with one attached hydrogen (secondary N) is 2. The number of carboxylic acid groups (broad SMARTS) is 1. The van der Waals surface area contributed by atoms with Crippen molar-refractivity contribution in [3.63, 3.8) is 0 Å². The predicted molar refractivity (Wildman–Crippen MR) is 76.5 cm³/mol. The smallest absolute Gasteiger partial charge is 0.326 e. The third-order valence-corrected chi connectivity index (χ3v) is 2.94. The van der Waals surface area contributed by atoms with Gasteiger partial charge in [-0.05, 0) is 18.1 Å². The summed E-state index contributed by atoms with van der Waals surface area (Å²) in [5.41, 5.74) is -0.218. The molecule has 0 saturated heterocycles. The molecule has 1 atom stereocenters. The Bertz CT molecular complexity index is 576. The third kappa shape index (κ3) is 4.60. The molecule has 1 aromatic carbocycles. The van der Waals surface area contributed by atoms with Crippen LogP contribution >= 0.6 is 11.6 Å². The number of rotatable bonds is 5. The number of carbonyl (C=O) groups excluding carboxylic acids is 1. The second kappa shape index (κ2) is 6.89. The van der Waals surface area contributed by atoms with Crippen LogP contribution in [0.2, 0.25) is 5.02 Å². The summed E-state index contributed by atoms with van der Waals surface area (Å²) < 4.78 is 0. The van der Waals surface area contributed by atoms with Gasteiger partial charge in [0.25, 0.3) is 5.69 Å². The number of carbonyl (C=O) groups is 2. The first-order valence-electron chi connectivity index (χ1n) is 5.96. The van der Waals surface area contributed by atoms with Gasteiger partial charge in [0.15, 0.2) is 0 Å². The Labute approximate surface area is 125 Å². The van der Waals surface area contributed by atoms with Crippen molar-refractivity contribution >= 4 is 35.0 Å². The molecule has 0 aromatic heterocycles. The van der Waals surface area contributed by atoms with Crippen molar-refractivity contribution in [2.75, 3.05) is 5.32 Å². The lowest BCUT2D eigenvalue weighted by Gasteiger charge is -2.18. The van der Waals surface area contributed by atoms with Crippen molar-refractivity contribution in [2.45, 2.75) is 19.9 Å². The van der Waals surface area contributed by atoms with Crippen LogP contribution in [0.3, 0.4) is 0 Å². The van der Waals surface area contributed by atoms with Gasteiger partial charge in [0.1, 0.15) is 11.1 Å². The molecule has 21 heavy (non-hydrogen) atoms. The molecule has 0 radical (unpaired) electrons. The lowest BCUT2D eigenvalue weighted by atomic mass is 10.1. The molecular formula is C12H14ClN3O5. The fraction of sp³-hybridized carbons (Fsp3) is 0.333. The van der Waals surface area contributed by atoms with E-state index in [4.69, 9.17) is 16.7 Å². The molecule has 114 valence electrons. The van der Waals surface area contributed by atoms with Crippen molar-refractivity contribution in [3.05, 3.63) is 33.3 Å². The average Bonchev–Trinajstić information content (AvgIpc) is 2.37. The summed E-state index contributed by atoms with van der Waals surface area (Å²) in [4.78, 5) is 32.7. The number of nitro groups is 1. The van der Waals surface area contributed by atoms with Gasteiger partial charge in [-0.25, -0.2) is 9.59 Å². The second-order valence-corrected chi connectivity index (χ2v) is 4.99. The number of halogens is 1. The Morgan fingerprint density at radius 1 is 1.38 bits per heavy atom. The molecule has 0 aliphatic heterocycles. The van der Waals surface area contributed by atoms with Crippen LogP contribution in [0, 0.1) is 16.0 Å². The van der Waals surface area contributed by atoms with Crippen LogP contribution in [0.1, 0.15) is 13.8 Å². The monoisotopic (exact) mass is 315 g/mol. The van der Waals surface area contributed by atoms with Crippen molar-refractivity contribution in [3.8, 4) is 0 Å². The first-order valence-corrected chi connectivity index (χ1v) is 6.34. The Hall–Kier alpha value is -2.35. The summed E-state index contributed by atoms with van der Waals surface area (Å²) >= 11 is 5.65. The summed E-state index contributed by atoms with van der Waals surface area (Å²) in [7, 11) is 0. The standard InChI is InChI=1S/C12H14ClN3O5/c1-6(2)10(11(17)18)15-12(19)14-7-3-4-8(13)9(5-7)16(20)21/h3-6,10H,1-2H3,(H,17,18)(H2,14,15,19)/t10-/m0/s1. The maximum absolute atomic E-state index is 11.7. The van der Waals surface area contributed by atoms with Crippen molar-refractivity contribution in [1.29, 1.82) is 0 Å². The van der Waals surface area contributed by atoms with E-state index in [0.29, 0.717) is 0 Å². The number of urea groups is 1. The molecule has 9 heteroatoms. The number of hydrogen-bond acceptors (Lipinski definition) is 4. The highest BCUT2D eigenvalue weighted by atomic mass is 35.5. The highest BCUT2D eigenvalue weighted by molar-refractivity contribution is 6.32. The van der Waals surface area contributed by atoms with E-state index in [2.05, 4.69) is 10.6 Å². The van der Waals surface area contributed by atoms with Crippen LogP contribution in [0.5, 0.6) is 0 Å². The minimum Gasteiger partial charge on any atom is -0.480 e. The Kier molecular flexibility index (Phi) is 5.48. The molecule has 0 aliphatic carbocycles. The van der Waals surface area contributed by atoms with Gasteiger partial charge in [0.2, 0.25) is 0 Å². The number of aliphatic carboxylic acids is 1. The quantitative estimate of drug-likeness (QED) is 0.569. The number of hydrogen-bond donors (Lipinski definition) is 3. The van der Waals surface area contributed by atoms with E-state index in [1.54, 1.807) is 13.8 Å². The Balaban J connectivity index is 2.82. The molecule has 0 unspecified atom stereocenters. The molecular weight excluding hydrogens is 302 g/mol. The number of nitrogens with zero attached hydrogens (tertiary/aromatic N) is 1. The van der Waals surface area contributed by atoms with Gasteiger partial charge in [-0.1, -0.05) is 25.4 Å². The maximum Gasteiger partial charge on any atom is 0.326 e. The van der Waals surface area contributed by atoms with Crippen LogP contribution in [0.25, 0.3) is 0 Å². The van der Waals surface area contributed by atoms with Crippen molar-refractivity contribution in [1.82, 2.24) is 5.32 Å². The van der Waals surface area contributed by atoms with Crippen LogP contribution in [0.15, 0.2) is 18.2 Å². The Morgan fingerprint density at radius 3 is 2.48 bits per heavy atom. The minimum atomic E-state index is -1.16. The summed E-state index contributed by atoms with van der Waals surface area (Å²) in [5, 5.41) is 24.2. The first-order chi connectivity index (χ1) is 9.72. The highest BCUT2D eigenvalue weighted by Gasteiger charge is 2.23. The highest BCUT2D eigenvalue weighted by Crippen LogP contribution is 2.27. The minimum absolute atomic E-state index is 0.0587. The topological polar surface area (TPSA) is 122 Å². The third-order valence-electron chi connectivity index (χ3n) is 2.62. The van der Waals surface area contributed by atoms with E-state index in [0.717, 1.165) is 6.07 Å². The molecule has 1 aromatic rings. The van der Waals surface area contributed by atoms with E-state index in [1.807, 2.05) is 0 Å². The van der Waals surface area contributed by atoms with Crippen LogP contribution in [-0.4, -0.2) is 28.1 Å². The fourth-order valence-corrected chi connectivity index (χ4v) is 1.74. The lowest BCUT2D eigenvalue weighted by Crippen LogP contribution is -2.46. The molecule has 3 N–H and O–H groups in total. The van der Waals surface area contributed by atoms with Crippen LogP contribution in [-0.2, 0) is 4.79 Å². The van der Waals surface area contributed by atoms with Gasteiger partial charge < -0.3 is 15.7 Å². The van der Waals surface area contributed by atoms with E-state index < -0.39 is 23.0 Å². The second-order valence-electron chi connectivity index (χ2n) is 4.58. The van der Waals surface area contributed by atoms with Gasteiger partial charge in [-0.2, -0.15) is 0 Å². The molecule has 0 spiro atoms. The molecule has 0 aliphatic rings. The van der Waals surface area contributed by atoms with E-state index in [1.165, 1.54) is 12.1 Å². The molecule has 0 saturated carbocycles. The number of amides is 2. The Morgan fingerprint density at radius 2 is 2.00 bits per heavy atom. The van der Waals surface area contributed by atoms with Crippen LogP contribution < -0.4 is 10.6 Å². The first kappa shape index (κ1) is 16.7. The van der Waals surface area contributed by atoms with E-state index >= 15 is 0 Å². The number of anilines is 1. The van der Waals surface area contributed by atoms with Gasteiger partial charge >= 0.3 is 12.0 Å². The summed E-state index contributed by atoms with van der Waals surface area (Å²) in [6, 6.07) is 1.90. The largest absolute Gasteiger partial charge is 0.480 e. The molecule has 2 amide bonds. The lowest BCUT2D eigenvalue weighted by molar-refractivity contribution is -0.384. The summed E-state index contributed by atoms with van der Waals surface area (Å²) in [6.07, 6.45) is 0. The fourth-order valence-electron chi connectivity index (χ4n) is 1.55. The SMILES string of the molecule is CC(C)[C@H](NC(=O)Nc1ccc(Cl)c([N+](=O)[O-])c1)C(=O)O. The van der Waals surface area contributed by atoms with Gasteiger partial charge in [0.05, 0.1) is 4.92 Å². The molecule has 8 nitrogen and oxygen atoms in total. The number of benzene rings is 1. The number of carboxylic acids is 1. The summed E-state index contributed by atoms with van der Waals surface area (Å²) in [5.74, 6) is -1.48. The molecule has 1 rings (SSSR count). The molecule has 0 fully saturated rings.